The molecule has 1 aromatic carbocycles. The van der Waals surface area contributed by atoms with Crippen LogP contribution in [0.25, 0.3) is 0 Å². The Morgan fingerprint density at radius 3 is 2.39 bits per heavy atom. The van der Waals surface area contributed by atoms with Gasteiger partial charge >= 0.3 is 5.51 Å². The molecule has 0 aromatic heterocycles. The summed E-state index contributed by atoms with van der Waals surface area (Å²) in [5, 5.41) is 0. The summed E-state index contributed by atoms with van der Waals surface area (Å²) in [7, 11) is 0. The van der Waals surface area contributed by atoms with Crippen LogP contribution in [0.3, 0.4) is 0 Å². The first-order valence-corrected chi connectivity index (χ1v) is 6.41. The molecule has 0 nitrogen and oxygen atoms in total. The van der Waals surface area contributed by atoms with Crippen molar-refractivity contribution in [2.45, 2.75) is 29.7 Å². The van der Waals surface area contributed by atoms with Gasteiger partial charge in [0.15, 0.2) is 0 Å². The summed E-state index contributed by atoms with van der Waals surface area (Å²) >= 11 is 5.10. The van der Waals surface area contributed by atoms with Gasteiger partial charge in [-0.25, -0.2) is 8.78 Å². The fraction of sp³-hybridized carbons (Fsp3) is 0.455. The second-order valence-electron chi connectivity index (χ2n) is 3.51. The van der Waals surface area contributed by atoms with E-state index in [4.69, 9.17) is 11.6 Å². The lowest BCUT2D eigenvalue weighted by Crippen LogP contribution is -2.02. The molecule has 0 atom stereocenters. The van der Waals surface area contributed by atoms with E-state index in [1.807, 2.05) is 0 Å². The van der Waals surface area contributed by atoms with E-state index >= 15 is 0 Å². The highest BCUT2D eigenvalue weighted by atomic mass is 35.5. The van der Waals surface area contributed by atoms with Gasteiger partial charge in [0.25, 0.3) is 6.43 Å². The zero-order valence-corrected chi connectivity index (χ0v) is 10.7. The van der Waals surface area contributed by atoms with Crippen LogP contribution in [0.5, 0.6) is 0 Å². The molecular weight excluding hydrogens is 295 g/mol. The molecule has 0 saturated carbocycles. The number of alkyl halides is 6. The third kappa shape index (κ3) is 5.02. The number of benzene rings is 1. The van der Waals surface area contributed by atoms with E-state index in [0.717, 1.165) is 12.1 Å². The Bertz CT molecular complexity index is 392. The number of halogens is 6. The Morgan fingerprint density at radius 2 is 1.89 bits per heavy atom. The van der Waals surface area contributed by atoms with Gasteiger partial charge in [-0.2, -0.15) is 13.2 Å². The van der Waals surface area contributed by atoms with Crippen LogP contribution in [0.4, 0.5) is 22.0 Å². The van der Waals surface area contributed by atoms with E-state index in [9.17, 15) is 22.0 Å². The first-order chi connectivity index (χ1) is 8.33. The third-order valence-corrected chi connectivity index (χ3v) is 3.25. The van der Waals surface area contributed by atoms with Gasteiger partial charge in [-0.05, 0) is 36.2 Å². The fourth-order valence-corrected chi connectivity index (χ4v) is 2.27. The maximum Gasteiger partial charge on any atom is 0.446 e. The van der Waals surface area contributed by atoms with E-state index in [2.05, 4.69) is 0 Å². The van der Waals surface area contributed by atoms with Gasteiger partial charge in [-0.15, -0.1) is 11.6 Å². The van der Waals surface area contributed by atoms with Crippen molar-refractivity contribution in [3.05, 3.63) is 29.3 Å². The highest BCUT2D eigenvalue weighted by molar-refractivity contribution is 8.00. The van der Waals surface area contributed by atoms with Crippen molar-refractivity contribution in [2.75, 3.05) is 5.88 Å². The van der Waals surface area contributed by atoms with Gasteiger partial charge in [0.1, 0.15) is 0 Å². The maximum atomic E-state index is 12.5. The van der Waals surface area contributed by atoms with Crippen LogP contribution in [-0.2, 0) is 6.42 Å². The minimum atomic E-state index is -4.49. The van der Waals surface area contributed by atoms with Crippen molar-refractivity contribution >= 4 is 23.4 Å². The summed E-state index contributed by atoms with van der Waals surface area (Å²) in [5.41, 5.74) is -4.50. The monoisotopic (exact) mass is 304 g/mol. The molecule has 1 rings (SSSR count). The summed E-state index contributed by atoms with van der Waals surface area (Å²) in [6.07, 6.45) is -1.94. The van der Waals surface area contributed by atoms with Crippen molar-refractivity contribution in [1.82, 2.24) is 0 Å². The van der Waals surface area contributed by atoms with Crippen LogP contribution in [0, 0.1) is 0 Å². The van der Waals surface area contributed by atoms with Crippen LogP contribution in [-0.4, -0.2) is 11.4 Å². The number of hydrogen-bond acceptors (Lipinski definition) is 1. The van der Waals surface area contributed by atoms with Gasteiger partial charge < -0.3 is 0 Å². The smallest absolute Gasteiger partial charge is 0.205 e. The quantitative estimate of drug-likeness (QED) is 0.398. The summed E-state index contributed by atoms with van der Waals surface area (Å²) in [6.45, 7) is 0. The predicted octanol–water partition coefficient (Wildman–Crippen LogP) is 5.41. The molecule has 0 aliphatic heterocycles. The summed E-state index contributed by atoms with van der Waals surface area (Å²) in [5.74, 6) is 0.312. The number of hydrogen-bond donors (Lipinski definition) is 0. The second kappa shape index (κ2) is 6.61. The molecule has 0 aliphatic carbocycles. The van der Waals surface area contributed by atoms with Crippen LogP contribution < -0.4 is 0 Å². The molecule has 0 unspecified atom stereocenters. The van der Waals surface area contributed by atoms with E-state index in [-0.39, 0.29) is 16.7 Å². The van der Waals surface area contributed by atoms with E-state index in [0.29, 0.717) is 24.3 Å². The maximum absolute atomic E-state index is 12.5. The van der Waals surface area contributed by atoms with Crippen molar-refractivity contribution in [3.8, 4) is 0 Å². The lowest BCUT2D eigenvalue weighted by atomic mass is 10.1. The first-order valence-electron chi connectivity index (χ1n) is 5.06. The van der Waals surface area contributed by atoms with E-state index in [1.54, 1.807) is 0 Å². The molecule has 0 amide bonds. The lowest BCUT2D eigenvalue weighted by Gasteiger charge is -2.12. The van der Waals surface area contributed by atoms with Crippen LogP contribution in [0.2, 0.25) is 0 Å². The zero-order chi connectivity index (χ0) is 13.8. The van der Waals surface area contributed by atoms with Gasteiger partial charge in [0.2, 0.25) is 0 Å². The molecule has 1 aromatic rings. The Labute approximate surface area is 111 Å². The van der Waals surface area contributed by atoms with E-state index in [1.165, 1.54) is 6.07 Å². The standard InChI is InChI=1S/C11H10ClF5S/c12-5-1-2-7-3-4-8(10(13)14)6-9(7)18-11(15,16)17/h3-4,6,10H,1-2,5H2. The second-order valence-corrected chi connectivity index (χ2v) is 4.99. The van der Waals surface area contributed by atoms with Gasteiger partial charge in [0.05, 0.1) is 0 Å². The first kappa shape index (κ1) is 15.6. The van der Waals surface area contributed by atoms with Crippen molar-refractivity contribution in [3.63, 3.8) is 0 Å². The fourth-order valence-electron chi connectivity index (χ4n) is 1.39. The normalized spacial score (nSPS) is 12.2. The average Bonchev–Trinajstić information content (AvgIpc) is 2.25. The summed E-state index contributed by atoms with van der Waals surface area (Å²) < 4.78 is 61.9. The van der Waals surface area contributed by atoms with Gasteiger partial charge in [0, 0.05) is 16.3 Å². The summed E-state index contributed by atoms with van der Waals surface area (Å²) in [4.78, 5) is -0.176. The highest BCUT2D eigenvalue weighted by Crippen LogP contribution is 2.40. The van der Waals surface area contributed by atoms with E-state index < -0.39 is 17.5 Å². The lowest BCUT2D eigenvalue weighted by molar-refractivity contribution is -0.0328. The molecule has 7 heteroatoms. The topological polar surface area (TPSA) is 0 Å². The molecule has 0 heterocycles. The van der Waals surface area contributed by atoms with Crippen LogP contribution in [0.1, 0.15) is 24.0 Å². The largest absolute Gasteiger partial charge is 0.446 e. The minimum absolute atomic E-state index is 0.176. The Kier molecular flexibility index (Phi) is 5.72. The molecule has 0 spiro atoms. The average molecular weight is 305 g/mol. The predicted molar refractivity (Wildman–Crippen MR) is 62.4 cm³/mol. The van der Waals surface area contributed by atoms with Gasteiger partial charge in [-0.1, -0.05) is 12.1 Å². The SMILES string of the molecule is FC(F)c1ccc(CCCCl)c(SC(F)(F)F)c1. The van der Waals surface area contributed by atoms with Gasteiger partial charge in [-0.3, -0.25) is 0 Å². The molecular formula is C11H10ClF5S. The molecule has 0 N–H and O–H groups in total. The highest BCUT2D eigenvalue weighted by Gasteiger charge is 2.30. The number of aryl methyl sites for hydroxylation is 1. The third-order valence-electron chi connectivity index (χ3n) is 2.15. The number of rotatable bonds is 5. The van der Waals surface area contributed by atoms with Crippen LogP contribution in [0.15, 0.2) is 23.1 Å². The van der Waals surface area contributed by atoms with Crippen molar-refractivity contribution in [1.29, 1.82) is 0 Å². The Hall–Kier alpha value is -0.490. The molecule has 0 aliphatic rings. The minimum Gasteiger partial charge on any atom is -0.205 e. The number of thioether (sulfide) groups is 1. The molecule has 18 heavy (non-hydrogen) atoms. The molecule has 102 valence electrons. The molecule has 0 radical (unpaired) electrons. The Balaban J connectivity index is 3.01. The Morgan fingerprint density at radius 1 is 1.22 bits per heavy atom. The molecule has 0 saturated heterocycles. The zero-order valence-electron chi connectivity index (χ0n) is 9.11. The molecule has 0 fully saturated rings. The van der Waals surface area contributed by atoms with Crippen LogP contribution >= 0.6 is 23.4 Å². The van der Waals surface area contributed by atoms with Crippen molar-refractivity contribution in [2.24, 2.45) is 0 Å². The van der Waals surface area contributed by atoms with Crippen molar-refractivity contribution < 1.29 is 22.0 Å². The summed E-state index contributed by atoms with van der Waals surface area (Å²) in [6, 6.07) is 3.35. The molecule has 0 bridgehead atoms.